The minimum absolute atomic E-state index is 0.215. The van der Waals surface area contributed by atoms with Crippen LogP contribution in [0.5, 0.6) is 5.75 Å². The Bertz CT molecular complexity index is 645. The summed E-state index contributed by atoms with van der Waals surface area (Å²) < 4.78 is 11.2. The molecule has 3 rings (SSSR count). The fourth-order valence-corrected chi connectivity index (χ4v) is 4.12. The van der Waals surface area contributed by atoms with E-state index in [1.165, 1.54) is 0 Å². The van der Waals surface area contributed by atoms with E-state index in [-0.39, 0.29) is 12.7 Å². The quantitative estimate of drug-likeness (QED) is 0.748. The highest BCUT2D eigenvalue weighted by molar-refractivity contribution is 5.68. The summed E-state index contributed by atoms with van der Waals surface area (Å²) >= 11 is 0. The Hall–Kier alpha value is -1.99. The van der Waals surface area contributed by atoms with Gasteiger partial charge in [-0.1, -0.05) is 0 Å². The van der Waals surface area contributed by atoms with Gasteiger partial charge in [0.05, 0.1) is 0 Å². The van der Waals surface area contributed by atoms with Crippen LogP contribution in [0.3, 0.4) is 0 Å². The minimum Gasteiger partial charge on any atom is -0.491 e. The van der Waals surface area contributed by atoms with Crippen LogP contribution in [0.1, 0.15) is 27.2 Å². The minimum atomic E-state index is -0.557. The maximum absolute atomic E-state index is 12.4. The van der Waals surface area contributed by atoms with Gasteiger partial charge >= 0.3 is 6.09 Å². The lowest BCUT2D eigenvalue weighted by Gasteiger charge is -2.46. The normalized spacial score (nSPS) is 23.9. The third-order valence-corrected chi connectivity index (χ3v) is 5.10. The monoisotopic (exact) mass is 391 g/mol. The van der Waals surface area contributed by atoms with E-state index in [2.05, 4.69) is 4.90 Å². The molecule has 0 spiro atoms. The third kappa shape index (κ3) is 6.01. The molecular weight excluding hydrogens is 358 g/mol. The molecular formula is C21H33N3O4. The molecule has 3 atom stereocenters. The number of nitrogens with zero attached hydrogens (tertiary/aromatic N) is 2. The van der Waals surface area contributed by atoms with E-state index in [0.29, 0.717) is 29.8 Å². The van der Waals surface area contributed by atoms with Gasteiger partial charge in [-0.2, -0.15) is 0 Å². The molecule has 0 aliphatic carbocycles. The van der Waals surface area contributed by atoms with Gasteiger partial charge in [0, 0.05) is 38.4 Å². The Morgan fingerprint density at radius 2 is 1.79 bits per heavy atom. The molecule has 2 bridgehead atoms. The van der Waals surface area contributed by atoms with Crippen LogP contribution in [0.25, 0.3) is 0 Å². The summed E-state index contributed by atoms with van der Waals surface area (Å²) in [5.41, 5.74) is 5.89. The number of rotatable bonds is 5. The number of hydrogen-bond donors (Lipinski definition) is 2. The van der Waals surface area contributed by atoms with Crippen molar-refractivity contribution in [2.75, 3.05) is 45.1 Å². The molecule has 3 N–H and O–H groups in total. The lowest BCUT2D eigenvalue weighted by molar-refractivity contribution is -0.0199. The third-order valence-electron chi connectivity index (χ3n) is 5.10. The molecule has 2 heterocycles. The SMILES string of the molecule is CC(C)(C)OC(=O)N1CC2CC(CN(CC(O)COc3ccc(N)cc3)C2)C1. The highest BCUT2D eigenvalue weighted by Gasteiger charge is 2.37. The number of carbonyl (C=O) groups excluding carboxylic acids is 1. The Morgan fingerprint density at radius 1 is 1.18 bits per heavy atom. The molecule has 156 valence electrons. The molecule has 1 aromatic carbocycles. The number of piperidine rings is 2. The summed E-state index contributed by atoms with van der Waals surface area (Å²) in [5.74, 6) is 1.55. The van der Waals surface area contributed by atoms with Crippen molar-refractivity contribution < 1.29 is 19.4 Å². The van der Waals surface area contributed by atoms with Crippen molar-refractivity contribution in [3.8, 4) is 5.75 Å². The molecule has 2 aliphatic rings. The number of nitrogens with two attached hydrogens (primary N) is 1. The molecule has 7 heteroatoms. The Kier molecular flexibility index (Phi) is 6.35. The van der Waals surface area contributed by atoms with Crippen molar-refractivity contribution in [2.24, 2.45) is 11.8 Å². The van der Waals surface area contributed by atoms with Gasteiger partial charge in [-0.3, -0.25) is 4.90 Å². The zero-order chi connectivity index (χ0) is 20.3. The van der Waals surface area contributed by atoms with E-state index >= 15 is 0 Å². The average Bonchev–Trinajstić information content (AvgIpc) is 2.59. The van der Waals surface area contributed by atoms with Crippen molar-refractivity contribution in [1.29, 1.82) is 0 Å². The summed E-state index contributed by atoms with van der Waals surface area (Å²) in [7, 11) is 0. The number of hydrogen-bond acceptors (Lipinski definition) is 6. The van der Waals surface area contributed by atoms with E-state index < -0.39 is 11.7 Å². The van der Waals surface area contributed by atoms with E-state index in [9.17, 15) is 9.90 Å². The summed E-state index contributed by atoms with van der Waals surface area (Å²) in [6.45, 7) is 9.72. The van der Waals surface area contributed by atoms with Gasteiger partial charge in [-0.15, -0.1) is 0 Å². The number of aliphatic hydroxyl groups excluding tert-OH is 1. The Balaban J connectivity index is 1.44. The van der Waals surface area contributed by atoms with Crippen molar-refractivity contribution in [3.63, 3.8) is 0 Å². The molecule has 0 radical (unpaired) electrons. The highest BCUT2D eigenvalue weighted by atomic mass is 16.6. The van der Waals surface area contributed by atoms with Crippen LogP contribution in [0.2, 0.25) is 0 Å². The Morgan fingerprint density at radius 3 is 2.36 bits per heavy atom. The molecule has 7 nitrogen and oxygen atoms in total. The van der Waals surface area contributed by atoms with Gasteiger partial charge in [0.1, 0.15) is 24.1 Å². The van der Waals surface area contributed by atoms with E-state index in [1.54, 1.807) is 24.3 Å². The van der Waals surface area contributed by atoms with Gasteiger partial charge < -0.3 is 25.2 Å². The first kappa shape index (κ1) is 20.7. The summed E-state index contributed by atoms with van der Waals surface area (Å²) in [4.78, 5) is 16.5. The zero-order valence-electron chi connectivity index (χ0n) is 17.1. The fourth-order valence-electron chi connectivity index (χ4n) is 4.12. The van der Waals surface area contributed by atoms with Gasteiger partial charge in [0.15, 0.2) is 0 Å². The van der Waals surface area contributed by atoms with E-state index in [1.807, 2.05) is 25.7 Å². The number of likely N-dealkylation sites (tertiary alicyclic amines) is 2. The number of ether oxygens (including phenoxy) is 2. The fraction of sp³-hybridized carbons (Fsp3) is 0.667. The van der Waals surface area contributed by atoms with Crippen LogP contribution >= 0.6 is 0 Å². The average molecular weight is 392 g/mol. The summed E-state index contributed by atoms with van der Waals surface area (Å²) in [5, 5.41) is 10.4. The maximum atomic E-state index is 12.4. The van der Waals surface area contributed by atoms with Crippen LogP contribution in [0, 0.1) is 11.8 Å². The smallest absolute Gasteiger partial charge is 0.410 e. The van der Waals surface area contributed by atoms with E-state index in [4.69, 9.17) is 15.2 Å². The van der Waals surface area contributed by atoms with Crippen molar-refractivity contribution >= 4 is 11.8 Å². The molecule has 0 aromatic heterocycles. The summed E-state index contributed by atoms with van der Waals surface area (Å²) in [6, 6.07) is 7.17. The van der Waals surface area contributed by atoms with Crippen molar-refractivity contribution in [3.05, 3.63) is 24.3 Å². The molecule has 3 unspecified atom stereocenters. The topological polar surface area (TPSA) is 88.3 Å². The van der Waals surface area contributed by atoms with Gasteiger partial charge in [-0.25, -0.2) is 4.79 Å². The first-order chi connectivity index (χ1) is 13.2. The predicted molar refractivity (Wildman–Crippen MR) is 108 cm³/mol. The largest absolute Gasteiger partial charge is 0.491 e. The second-order valence-corrected chi connectivity index (χ2v) is 9.11. The van der Waals surface area contributed by atoms with Gasteiger partial charge in [0.2, 0.25) is 0 Å². The maximum Gasteiger partial charge on any atom is 0.410 e. The predicted octanol–water partition coefficient (Wildman–Crippen LogP) is 2.20. The number of aliphatic hydroxyl groups is 1. The molecule has 0 saturated carbocycles. The molecule has 2 saturated heterocycles. The first-order valence-electron chi connectivity index (χ1n) is 10.0. The zero-order valence-corrected chi connectivity index (χ0v) is 17.1. The first-order valence-corrected chi connectivity index (χ1v) is 10.0. The number of carbonyl (C=O) groups is 1. The molecule has 2 aliphatic heterocycles. The van der Waals surface area contributed by atoms with Crippen molar-refractivity contribution in [1.82, 2.24) is 9.80 Å². The number of nitrogen functional groups attached to an aromatic ring is 1. The molecule has 2 fully saturated rings. The number of anilines is 1. The lowest BCUT2D eigenvalue weighted by Crippen LogP contribution is -2.56. The van der Waals surface area contributed by atoms with Gasteiger partial charge in [0.25, 0.3) is 0 Å². The van der Waals surface area contributed by atoms with Crippen LogP contribution in [-0.4, -0.2) is 72.0 Å². The number of β-amino-alcohol motifs (C(OH)–C–C–N with tert-alkyl or cyclic N) is 1. The molecule has 1 amide bonds. The summed E-state index contributed by atoms with van der Waals surface area (Å²) in [6.07, 6.45) is 0.360. The highest BCUT2D eigenvalue weighted by Crippen LogP contribution is 2.29. The van der Waals surface area contributed by atoms with Crippen LogP contribution in [0.15, 0.2) is 24.3 Å². The van der Waals surface area contributed by atoms with Crippen molar-refractivity contribution in [2.45, 2.75) is 38.9 Å². The lowest BCUT2D eigenvalue weighted by atomic mass is 9.84. The Labute approximate surface area is 167 Å². The van der Waals surface area contributed by atoms with E-state index in [0.717, 1.165) is 32.6 Å². The number of fused-ring (bicyclic) bond motifs is 2. The molecule has 1 aromatic rings. The molecule has 28 heavy (non-hydrogen) atoms. The van der Waals surface area contributed by atoms with Gasteiger partial charge in [-0.05, 0) is 63.3 Å². The van der Waals surface area contributed by atoms with Crippen LogP contribution in [0.4, 0.5) is 10.5 Å². The van der Waals surface area contributed by atoms with Crippen LogP contribution in [-0.2, 0) is 4.74 Å². The standard InChI is InChI=1S/C21H33N3O4/c1-21(2,3)28-20(26)24-11-15-8-16(12-24)10-23(9-15)13-18(25)14-27-19-6-4-17(22)5-7-19/h4-7,15-16,18,25H,8-14,22H2,1-3H3. The number of benzene rings is 1. The number of amides is 1. The van der Waals surface area contributed by atoms with Crippen LogP contribution < -0.4 is 10.5 Å². The second-order valence-electron chi connectivity index (χ2n) is 9.11. The second kappa shape index (κ2) is 8.57.